The van der Waals surface area contributed by atoms with Crippen molar-refractivity contribution in [3.63, 3.8) is 0 Å². The standard InChI is InChI=1S/C13H19NO5/c1-2-19-11-5-3-4-10(12(11)18)6-14-13(7-15,8-16)9-17/h3-6,15-18H,2,7-9H2,1H3. The van der Waals surface area contributed by atoms with E-state index < -0.39 is 25.4 Å². The molecule has 19 heavy (non-hydrogen) atoms. The number of para-hydroxylation sites is 1. The molecular weight excluding hydrogens is 250 g/mol. The Morgan fingerprint density at radius 1 is 1.21 bits per heavy atom. The minimum Gasteiger partial charge on any atom is -0.504 e. The molecule has 1 aromatic carbocycles. The molecule has 0 radical (unpaired) electrons. The number of hydrogen-bond donors (Lipinski definition) is 4. The minimum atomic E-state index is -1.35. The highest BCUT2D eigenvalue weighted by Gasteiger charge is 2.26. The molecule has 0 unspecified atom stereocenters. The summed E-state index contributed by atoms with van der Waals surface area (Å²) in [6, 6.07) is 4.91. The molecule has 106 valence electrons. The van der Waals surface area contributed by atoms with E-state index in [1.165, 1.54) is 6.21 Å². The van der Waals surface area contributed by atoms with Gasteiger partial charge in [-0.2, -0.15) is 0 Å². The fourth-order valence-corrected chi connectivity index (χ4v) is 1.39. The van der Waals surface area contributed by atoms with Crippen LogP contribution in [0.25, 0.3) is 0 Å². The van der Waals surface area contributed by atoms with Gasteiger partial charge in [-0.15, -0.1) is 0 Å². The van der Waals surface area contributed by atoms with Crippen molar-refractivity contribution in [1.29, 1.82) is 0 Å². The van der Waals surface area contributed by atoms with E-state index >= 15 is 0 Å². The van der Waals surface area contributed by atoms with Gasteiger partial charge in [-0.1, -0.05) is 6.07 Å². The normalized spacial score (nSPS) is 12.0. The quantitative estimate of drug-likeness (QED) is 0.519. The minimum absolute atomic E-state index is 0.0733. The zero-order valence-corrected chi connectivity index (χ0v) is 10.8. The second kappa shape index (κ2) is 7.08. The number of aliphatic hydroxyl groups excluding tert-OH is 3. The summed E-state index contributed by atoms with van der Waals surface area (Å²) in [6.45, 7) is 0.726. The molecule has 0 aromatic heterocycles. The molecule has 0 amide bonds. The molecular formula is C13H19NO5. The maximum absolute atomic E-state index is 9.93. The maximum atomic E-state index is 9.93. The number of ether oxygens (including phenoxy) is 1. The first kappa shape index (κ1) is 15.4. The molecule has 6 heteroatoms. The molecule has 1 aromatic rings. The van der Waals surface area contributed by atoms with Crippen LogP contribution in [0.15, 0.2) is 23.2 Å². The van der Waals surface area contributed by atoms with Crippen LogP contribution in [0.1, 0.15) is 12.5 Å². The van der Waals surface area contributed by atoms with E-state index in [-0.39, 0.29) is 5.75 Å². The second-order valence-electron chi connectivity index (χ2n) is 4.08. The predicted octanol–water partition coefficient (Wildman–Crippen LogP) is -0.0745. The Bertz CT molecular complexity index is 421. The Hall–Kier alpha value is -1.63. The van der Waals surface area contributed by atoms with Crippen LogP contribution in [0.4, 0.5) is 0 Å². The van der Waals surface area contributed by atoms with E-state index in [2.05, 4.69) is 4.99 Å². The highest BCUT2D eigenvalue weighted by Crippen LogP contribution is 2.28. The zero-order chi connectivity index (χ0) is 14.3. The van der Waals surface area contributed by atoms with Gasteiger partial charge in [0.1, 0.15) is 5.54 Å². The van der Waals surface area contributed by atoms with E-state index in [1.54, 1.807) is 25.1 Å². The topological polar surface area (TPSA) is 103 Å². The zero-order valence-electron chi connectivity index (χ0n) is 10.8. The van der Waals surface area contributed by atoms with Crippen molar-refractivity contribution in [3.05, 3.63) is 23.8 Å². The summed E-state index contributed by atoms with van der Waals surface area (Å²) in [4.78, 5) is 3.95. The molecule has 4 N–H and O–H groups in total. The van der Waals surface area contributed by atoms with Crippen LogP contribution in [0.5, 0.6) is 11.5 Å². The molecule has 0 saturated carbocycles. The van der Waals surface area contributed by atoms with Gasteiger partial charge in [-0.3, -0.25) is 4.99 Å². The van der Waals surface area contributed by atoms with Crippen molar-refractivity contribution in [2.24, 2.45) is 4.99 Å². The van der Waals surface area contributed by atoms with E-state index in [9.17, 15) is 5.11 Å². The van der Waals surface area contributed by atoms with Crippen LogP contribution < -0.4 is 4.74 Å². The molecule has 0 aliphatic carbocycles. The van der Waals surface area contributed by atoms with Gasteiger partial charge in [0.2, 0.25) is 0 Å². The largest absolute Gasteiger partial charge is 0.504 e. The summed E-state index contributed by atoms with van der Waals surface area (Å²) in [5.74, 6) is 0.255. The molecule has 1 rings (SSSR count). The number of hydrogen-bond acceptors (Lipinski definition) is 6. The number of rotatable bonds is 7. The first-order chi connectivity index (χ1) is 9.12. The average Bonchev–Trinajstić information content (AvgIpc) is 2.45. The van der Waals surface area contributed by atoms with Gasteiger partial charge in [-0.05, 0) is 19.1 Å². The van der Waals surface area contributed by atoms with Gasteiger partial charge in [0, 0.05) is 11.8 Å². The Labute approximate surface area is 111 Å². The van der Waals surface area contributed by atoms with Gasteiger partial charge in [0.15, 0.2) is 11.5 Å². The lowest BCUT2D eigenvalue weighted by atomic mass is 10.0. The Morgan fingerprint density at radius 2 is 1.84 bits per heavy atom. The van der Waals surface area contributed by atoms with E-state index in [0.29, 0.717) is 17.9 Å². The molecule has 0 spiro atoms. The lowest BCUT2D eigenvalue weighted by Gasteiger charge is -2.22. The van der Waals surface area contributed by atoms with Crippen molar-refractivity contribution in [1.82, 2.24) is 0 Å². The lowest BCUT2D eigenvalue weighted by molar-refractivity contribution is 0.0718. The third-order valence-corrected chi connectivity index (χ3v) is 2.69. The number of phenolic OH excluding ortho intramolecular Hbond substituents is 1. The number of phenols is 1. The first-order valence-electron chi connectivity index (χ1n) is 5.95. The molecule has 0 fully saturated rings. The number of benzene rings is 1. The van der Waals surface area contributed by atoms with Crippen LogP contribution >= 0.6 is 0 Å². The van der Waals surface area contributed by atoms with Crippen LogP contribution in [0.2, 0.25) is 0 Å². The number of aliphatic imine (C=N–C) groups is 1. The van der Waals surface area contributed by atoms with Crippen LogP contribution in [-0.4, -0.2) is 58.6 Å². The molecule has 0 aliphatic rings. The highest BCUT2D eigenvalue weighted by molar-refractivity contribution is 5.85. The molecule has 0 saturated heterocycles. The summed E-state index contributed by atoms with van der Waals surface area (Å²) in [7, 11) is 0. The molecule has 6 nitrogen and oxygen atoms in total. The van der Waals surface area contributed by atoms with Crippen molar-refractivity contribution in [2.45, 2.75) is 12.5 Å². The molecule has 0 atom stereocenters. The Morgan fingerprint density at radius 3 is 2.37 bits per heavy atom. The second-order valence-corrected chi connectivity index (χ2v) is 4.08. The van der Waals surface area contributed by atoms with Gasteiger partial charge < -0.3 is 25.2 Å². The molecule has 0 aliphatic heterocycles. The van der Waals surface area contributed by atoms with Gasteiger partial charge in [-0.25, -0.2) is 0 Å². The van der Waals surface area contributed by atoms with Crippen molar-refractivity contribution in [3.8, 4) is 11.5 Å². The van der Waals surface area contributed by atoms with Crippen LogP contribution in [-0.2, 0) is 0 Å². The molecule has 0 bridgehead atoms. The average molecular weight is 269 g/mol. The van der Waals surface area contributed by atoms with Crippen LogP contribution in [0.3, 0.4) is 0 Å². The summed E-state index contributed by atoms with van der Waals surface area (Å²) >= 11 is 0. The van der Waals surface area contributed by atoms with Crippen molar-refractivity contribution in [2.75, 3.05) is 26.4 Å². The van der Waals surface area contributed by atoms with Gasteiger partial charge in [0.25, 0.3) is 0 Å². The highest BCUT2D eigenvalue weighted by atomic mass is 16.5. The Kier molecular flexibility index (Phi) is 5.75. The van der Waals surface area contributed by atoms with E-state index in [0.717, 1.165) is 0 Å². The fraction of sp³-hybridized carbons (Fsp3) is 0.462. The number of aliphatic hydroxyl groups is 3. The summed E-state index contributed by atoms with van der Waals surface area (Å²) < 4.78 is 5.23. The smallest absolute Gasteiger partial charge is 0.166 e. The van der Waals surface area contributed by atoms with Crippen molar-refractivity contribution >= 4 is 6.21 Å². The fourth-order valence-electron chi connectivity index (χ4n) is 1.39. The Balaban J connectivity index is 3.01. The van der Waals surface area contributed by atoms with Crippen LogP contribution in [0, 0.1) is 0 Å². The monoisotopic (exact) mass is 269 g/mol. The third kappa shape index (κ3) is 3.66. The SMILES string of the molecule is CCOc1cccc(C=NC(CO)(CO)CO)c1O. The number of nitrogens with zero attached hydrogens (tertiary/aromatic N) is 1. The van der Waals surface area contributed by atoms with E-state index in [4.69, 9.17) is 20.1 Å². The number of aromatic hydroxyl groups is 1. The maximum Gasteiger partial charge on any atom is 0.166 e. The summed E-state index contributed by atoms with van der Waals surface area (Å²) in [6.07, 6.45) is 1.29. The van der Waals surface area contributed by atoms with E-state index in [1.807, 2.05) is 0 Å². The van der Waals surface area contributed by atoms with Gasteiger partial charge in [0.05, 0.1) is 26.4 Å². The van der Waals surface area contributed by atoms with Crippen molar-refractivity contribution < 1.29 is 25.2 Å². The summed E-state index contributed by atoms with van der Waals surface area (Å²) in [5.41, 5.74) is -0.973. The molecule has 0 heterocycles. The third-order valence-electron chi connectivity index (χ3n) is 2.69. The lowest BCUT2D eigenvalue weighted by Crippen LogP contribution is -2.39. The first-order valence-corrected chi connectivity index (χ1v) is 5.95. The predicted molar refractivity (Wildman–Crippen MR) is 70.9 cm³/mol. The van der Waals surface area contributed by atoms with Gasteiger partial charge >= 0.3 is 0 Å². The summed E-state index contributed by atoms with van der Waals surface area (Å²) in [5, 5.41) is 37.4.